The molecule has 0 saturated carbocycles. The average molecular weight is 309 g/mol. The van der Waals surface area contributed by atoms with Crippen LogP contribution in [0.2, 0.25) is 0 Å². The van der Waals surface area contributed by atoms with Crippen molar-refractivity contribution in [3.05, 3.63) is 65.7 Å². The van der Waals surface area contributed by atoms with Crippen LogP contribution in [-0.4, -0.2) is 23.9 Å². The van der Waals surface area contributed by atoms with E-state index in [1.807, 2.05) is 59.5 Å². The molecular formula is C20H23NO2. The fraction of sp³-hybridized carbons (Fsp3) is 0.350. The Morgan fingerprint density at radius 1 is 1.13 bits per heavy atom. The van der Waals surface area contributed by atoms with Gasteiger partial charge in [-0.15, -0.1) is 0 Å². The highest BCUT2D eigenvalue weighted by atomic mass is 16.5. The Morgan fingerprint density at radius 2 is 1.87 bits per heavy atom. The summed E-state index contributed by atoms with van der Waals surface area (Å²) >= 11 is 0. The van der Waals surface area contributed by atoms with Crippen LogP contribution in [0.5, 0.6) is 5.75 Å². The van der Waals surface area contributed by atoms with Gasteiger partial charge < -0.3 is 9.64 Å². The highest BCUT2D eigenvalue weighted by Gasteiger charge is 2.21. The molecule has 2 aromatic carbocycles. The zero-order valence-electron chi connectivity index (χ0n) is 13.6. The van der Waals surface area contributed by atoms with Crippen molar-refractivity contribution in [3.63, 3.8) is 0 Å². The fourth-order valence-electron chi connectivity index (χ4n) is 2.98. The molecule has 1 amide bonds. The first-order chi connectivity index (χ1) is 11.2. The normalized spacial score (nSPS) is 17.8. The second-order valence-electron chi connectivity index (χ2n) is 6.30. The minimum atomic E-state index is 0.145. The van der Waals surface area contributed by atoms with Gasteiger partial charge in [0.1, 0.15) is 12.4 Å². The van der Waals surface area contributed by atoms with E-state index in [1.165, 1.54) is 6.42 Å². The van der Waals surface area contributed by atoms with Gasteiger partial charge in [-0.05, 0) is 48.6 Å². The van der Waals surface area contributed by atoms with Crippen LogP contribution >= 0.6 is 0 Å². The number of piperidine rings is 1. The Morgan fingerprint density at radius 3 is 2.57 bits per heavy atom. The van der Waals surface area contributed by atoms with Crippen LogP contribution in [0.1, 0.15) is 35.7 Å². The van der Waals surface area contributed by atoms with Gasteiger partial charge >= 0.3 is 0 Å². The quantitative estimate of drug-likeness (QED) is 0.849. The summed E-state index contributed by atoms with van der Waals surface area (Å²) in [5.41, 5.74) is 1.83. The molecule has 1 aliphatic heterocycles. The van der Waals surface area contributed by atoms with Crippen molar-refractivity contribution < 1.29 is 9.53 Å². The number of nitrogens with zero attached hydrogens (tertiary/aromatic N) is 1. The first-order valence-electron chi connectivity index (χ1n) is 8.28. The SMILES string of the molecule is CC1CCCN(C(=O)c2ccc(COc3ccccc3)cc2)C1. The molecule has 1 atom stereocenters. The van der Waals surface area contributed by atoms with Crippen LogP contribution in [0.4, 0.5) is 0 Å². The molecule has 3 rings (SSSR count). The standard InChI is InChI=1S/C20H23NO2/c1-16-6-5-13-21(14-16)20(22)18-11-9-17(10-12-18)15-23-19-7-3-2-4-8-19/h2-4,7-12,16H,5-6,13-15H2,1H3. The van der Waals surface area contributed by atoms with Gasteiger partial charge in [-0.3, -0.25) is 4.79 Å². The maximum Gasteiger partial charge on any atom is 0.253 e. The summed E-state index contributed by atoms with van der Waals surface area (Å²) < 4.78 is 5.73. The van der Waals surface area contributed by atoms with Crippen LogP contribution in [-0.2, 0) is 6.61 Å². The highest BCUT2D eigenvalue weighted by molar-refractivity contribution is 5.94. The number of hydrogen-bond acceptors (Lipinski definition) is 2. The van der Waals surface area contributed by atoms with Crippen LogP contribution in [0, 0.1) is 5.92 Å². The van der Waals surface area contributed by atoms with E-state index in [-0.39, 0.29) is 5.91 Å². The Kier molecular flexibility index (Phi) is 4.96. The topological polar surface area (TPSA) is 29.5 Å². The molecule has 0 aromatic heterocycles. The molecule has 23 heavy (non-hydrogen) atoms. The molecule has 2 aromatic rings. The average Bonchev–Trinajstić information content (AvgIpc) is 2.61. The number of rotatable bonds is 4. The third kappa shape index (κ3) is 4.13. The largest absolute Gasteiger partial charge is 0.489 e. The van der Waals surface area contributed by atoms with Gasteiger partial charge in [-0.1, -0.05) is 37.3 Å². The minimum absolute atomic E-state index is 0.145. The van der Waals surface area contributed by atoms with E-state index in [0.29, 0.717) is 12.5 Å². The summed E-state index contributed by atoms with van der Waals surface area (Å²) in [4.78, 5) is 14.5. The summed E-state index contributed by atoms with van der Waals surface area (Å²) in [6, 6.07) is 17.5. The van der Waals surface area contributed by atoms with Crippen molar-refractivity contribution in [1.29, 1.82) is 0 Å². The lowest BCUT2D eigenvalue weighted by Crippen LogP contribution is -2.39. The van der Waals surface area contributed by atoms with Gasteiger partial charge in [0.25, 0.3) is 5.91 Å². The minimum Gasteiger partial charge on any atom is -0.489 e. The van der Waals surface area contributed by atoms with Crippen molar-refractivity contribution in [2.24, 2.45) is 5.92 Å². The van der Waals surface area contributed by atoms with Gasteiger partial charge in [0.15, 0.2) is 0 Å². The van der Waals surface area contributed by atoms with E-state index in [0.717, 1.165) is 36.4 Å². The first-order valence-corrected chi connectivity index (χ1v) is 8.28. The molecule has 1 aliphatic rings. The monoisotopic (exact) mass is 309 g/mol. The Labute approximate surface area is 137 Å². The van der Waals surface area contributed by atoms with E-state index in [1.54, 1.807) is 0 Å². The molecule has 3 heteroatoms. The summed E-state index contributed by atoms with van der Waals surface area (Å²) in [7, 11) is 0. The zero-order chi connectivity index (χ0) is 16.1. The van der Waals surface area contributed by atoms with Crippen molar-refractivity contribution >= 4 is 5.91 Å². The summed E-state index contributed by atoms with van der Waals surface area (Å²) in [6.45, 7) is 4.47. The smallest absolute Gasteiger partial charge is 0.253 e. The summed E-state index contributed by atoms with van der Waals surface area (Å²) in [5, 5.41) is 0. The summed E-state index contributed by atoms with van der Waals surface area (Å²) in [6.07, 6.45) is 2.33. The predicted molar refractivity (Wildman–Crippen MR) is 91.5 cm³/mol. The second kappa shape index (κ2) is 7.32. The number of likely N-dealkylation sites (tertiary alicyclic amines) is 1. The van der Waals surface area contributed by atoms with E-state index in [2.05, 4.69) is 6.92 Å². The van der Waals surface area contributed by atoms with Crippen LogP contribution in [0.3, 0.4) is 0 Å². The van der Waals surface area contributed by atoms with E-state index in [9.17, 15) is 4.79 Å². The van der Waals surface area contributed by atoms with Crippen LogP contribution in [0.25, 0.3) is 0 Å². The van der Waals surface area contributed by atoms with Crippen molar-refractivity contribution in [1.82, 2.24) is 4.90 Å². The van der Waals surface area contributed by atoms with Gasteiger partial charge in [-0.25, -0.2) is 0 Å². The number of ether oxygens (including phenoxy) is 1. The lowest BCUT2D eigenvalue weighted by molar-refractivity contribution is 0.0683. The predicted octanol–water partition coefficient (Wildman–Crippen LogP) is 4.14. The number of benzene rings is 2. The van der Waals surface area contributed by atoms with Crippen LogP contribution in [0.15, 0.2) is 54.6 Å². The van der Waals surface area contributed by atoms with E-state index >= 15 is 0 Å². The number of carbonyl (C=O) groups is 1. The fourth-order valence-corrected chi connectivity index (χ4v) is 2.98. The third-order valence-corrected chi connectivity index (χ3v) is 4.29. The van der Waals surface area contributed by atoms with Gasteiger partial charge in [0, 0.05) is 18.7 Å². The number of carbonyl (C=O) groups excluding carboxylic acids is 1. The number of hydrogen-bond donors (Lipinski definition) is 0. The Bertz CT molecular complexity index is 636. The Hall–Kier alpha value is -2.29. The zero-order valence-corrected chi connectivity index (χ0v) is 13.6. The molecule has 1 heterocycles. The third-order valence-electron chi connectivity index (χ3n) is 4.29. The number of amides is 1. The maximum atomic E-state index is 12.5. The second-order valence-corrected chi connectivity index (χ2v) is 6.30. The molecular weight excluding hydrogens is 286 g/mol. The van der Waals surface area contributed by atoms with Crippen molar-refractivity contribution in [2.75, 3.05) is 13.1 Å². The van der Waals surface area contributed by atoms with E-state index in [4.69, 9.17) is 4.74 Å². The molecule has 1 unspecified atom stereocenters. The molecule has 1 saturated heterocycles. The molecule has 0 spiro atoms. The lowest BCUT2D eigenvalue weighted by Gasteiger charge is -2.31. The van der Waals surface area contributed by atoms with Crippen molar-refractivity contribution in [3.8, 4) is 5.75 Å². The maximum absolute atomic E-state index is 12.5. The highest BCUT2D eigenvalue weighted by Crippen LogP contribution is 2.18. The van der Waals surface area contributed by atoms with Crippen molar-refractivity contribution in [2.45, 2.75) is 26.4 Å². The van der Waals surface area contributed by atoms with Gasteiger partial charge in [0.05, 0.1) is 0 Å². The molecule has 0 N–H and O–H groups in total. The molecule has 0 radical (unpaired) electrons. The van der Waals surface area contributed by atoms with Crippen LogP contribution < -0.4 is 4.74 Å². The molecule has 3 nitrogen and oxygen atoms in total. The molecule has 120 valence electrons. The number of para-hydroxylation sites is 1. The molecule has 0 bridgehead atoms. The first kappa shape index (κ1) is 15.6. The van der Waals surface area contributed by atoms with E-state index < -0.39 is 0 Å². The Balaban J connectivity index is 1.59. The van der Waals surface area contributed by atoms with Gasteiger partial charge in [-0.2, -0.15) is 0 Å². The van der Waals surface area contributed by atoms with Gasteiger partial charge in [0.2, 0.25) is 0 Å². The summed E-state index contributed by atoms with van der Waals surface area (Å²) in [5.74, 6) is 1.60. The molecule has 1 fully saturated rings. The lowest BCUT2D eigenvalue weighted by atomic mass is 9.99. The molecule has 0 aliphatic carbocycles.